The second-order valence-electron chi connectivity index (χ2n) is 4.95. The number of ether oxygens (including phenoxy) is 1. The van der Waals surface area contributed by atoms with Crippen LogP contribution in [0.1, 0.15) is 6.23 Å². The van der Waals surface area contributed by atoms with E-state index in [2.05, 4.69) is 9.97 Å². The van der Waals surface area contributed by atoms with Gasteiger partial charge in [-0.1, -0.05) is 6.07 Å². The minimum Gasteiger partial charge on any atom is -0.394 e. The van der Waals surface area contributed by atoms with Crippen LogP contribution in [-0.4, -0.2) is 54.8 Å². The van der Waals surface area contributed by atoms with E-state index in [0.717, 1.165) is 4.57 Å². The van der Waals surface area contributed by atoms with Gasteiger partial charge in [0.2, 0.25) is 0 Å². The minimum atomic E-state index is -1.32. The van der Waals surface area contributed by atoms with Gasteiger partial charge in [-0.3, -0.25) is 4.57 Å². The normalized spacial score (nSPS) is 27.3. The highest BCUT2D eigenvalue weighted by Crippen LogP contribution is 2.28. The third-order valence-electron chi connectivity index (χ3n) is 3.44. The largest absolute Gasteiger partial charge is 0.394 e. The van der Waals surface area contributed by atoms with Gasteiger partial charge in [-0.25, -0.2) is 9.78 Å². The Hall–Kier alpha value is -1.78. The van der Waals surface area contributed by atoms with E-state index in [4.69, 9.17) is 9.84 Å². The smallest absolute Gasteiger partial charge is 0.350 e. The number of hydrogen-bond acceptors (Lipinski definition) is 8. The van der Waals surface area contributed by atoms with Crippen molar-refractivity contribution in [2.75, 3.05) is 6.61 Å². The number of nitrogens with zero attached hydrogens (tertiary/aromatic N) is 3. The molecular formula is C14H15N3O5S. The van der Waals surface area contributed by atoms with Crippen LogP contribution in [-0.2, 0) is 4.74 Å². The van der Waals surface area contributed by atoms with Gasteiger partial charge in [-0.15, -0.1) is 0 Å². The highest BCUT2D eigenvalue weighted by atomic mass is 32.2. The van der Waals surface area contributed by atoms with Crippen molar-refractivity contribution < 1.29 is 20.1 Å². The van der Waals surface area contributed by atoms with Crippen molar-refractivity contribution in [3.05, 3.63) is 47.1 Å². The van der Waals surface area contributed by atoms with Crippen molar-refractivity contribution in [2.45, 2.75) is 34.6 Å². The van der Waals surface area contributed by atoms with Gasteiger partial charge in [0, 0.05) is 12.4 Å². The number of rotatable bonds is 4. The third-order valence-corrected chi connectivity index (χ3v) is 4.33. The van der Waals surface area contributed by atoms with Gasteiger partial charge < -0.3 is 20.1 Å². The molecule has 1 fully saturated rings. The topological polar surface area (TPSA) is 118 Å². The lowest BCUT2D eigenvalue weighted by atomic mass is 10.1. The fourth-order valence-corrected chi connectivity index (χ4v) is 3.00. The van der Waals surface area contributed by atoms with Crippen LogP contribution in [0.5, 0.6) is 0 Å². The van der Waals surface area contributed by atoms with E-state index in [9.17, 15) is 15.0 Å². The molecule has 0 saturated carbocycles. The molecule has 3 heterocycles. The second-order valence-corrected chi connectivity index (χ2v) is 6.00. The third kappa shape index (κ3) is 3.28. The molecular weight excluding hydrogens is 322 g/mol. The maximum Gasteiger partial charge on any atom is 0.350 e. The van der Waals surface area contributed by atoms with Crippen molar-refractivity contribution in [2.24, 2.45) is 0 Å². The summed E-state index contributed by atoms with van der Waals surface area (Å²) in [5.74, 6) is 0. The van der Waals surface area contributed by atoms with Gasteiger partial charge in [0.05, 0.1) is 6.61 Å². The first-order chi connectivity index (χ1) is 11.1. The lowest BCUT2D eigenvalue weighted by Crippen LogP contribution is -2.36. The van der Waals surface area contributed by atoms with Gasteiger partial charge in [-0.2, -0.15) is 4.98 Å². The quantitative estimate of drug-likeness (QED) is 0.633. The lowest BCUT2D eigenvalue weighted by Gasteiger charge is -2.17. The van der Waals surface area contributed by atoms with Gasteiger partial charge in [-0.05, 0) is 30.0 Å². The Balaban J connectivity index is 1.82. The van der Waals surface area contributed by atoms with Crippen LogP contribution in [0.4, 0.5) is 0 Å². The molecule has 0 aromatic carbocycles. The van der Waals surface area contributed by atoms with E-state index >= 15 is 0 Å². The molecule has 1 aliphatic rings. The molecule has 1 saturated heterocycles. The summed E-state index contributed by atoms with van der Waals surface area (Å²) >= 11 is 1.23. The standard InChI is InChI=1S/C14H15N3O5S/c18-7-8-11(19)12(20)13(22-8)17-6-4-10(16-14(17)21)23-9-3-1-2-5-15-9/h1-6,8,11-13,18-20H,7H2/t8-,11-,12-,13-/m1/s1. The van der Waals surface area contributed by atoms with E-state index < -0.39 is 36.8 Å². The number of aliphatic hydroxyl groups is 3. The molecule has 0 radical (unpaired) electrons. The Bertz CT molecular complexity index is 726. The van der Waals surface area contributed by atoms with Crippen molar-refractivity contribution in [1.29, 1.82) is 0 Å². The summed E-state index contributed by atoms with van der Waals surface area (Å²) in [5, 5.41) is 29.9. The second kappa shape index (κ2) is 6.77. The average Bonchev–Trinajstić information content (AvgIpc) is 2.84. The number of aliphatic hydroxyl groups excluding tert-OH is 3. The van der Waals surface area contributed by atoms with Gasteiger partial charge >= 0.3 is 5.69 Å². The Labute approximate surface area is 135 Å². The first-order valence-corrected chi connectivity index (χ1v) is 7.72. The van der Waals surface area contributed by atoms with Crippen molar-refractivity contribution in [3.8, 4) is 0 Å². The predicted octanol–water partition coefficient (Wildman–Crippen LogP) is -0.599. The monoisotopic (exact) mass is 337 g/mol. The van der Waals surface area contributed by atoms with Crippen molar-refractivity contribution in [3.63, 3.8) is 0 Å². The fraction of sp³-hybridized carbons (Fsp3) is 0.357. The maximum atomic E-state index is 12.1. The van der Waals surface area contributed by atoms with Crippen molar-refractivity contribution in [1.82, 2.24) is 14.5 Å². The summed E-state index contributed by atoms with van der Waals surface area (Å²) in [6.07, 6.45) is -1.54. The molecule has 1 aliphatic heterocycles. The lowest BCUT2D eigenvalue weighted by molar-refractivity contribution is -0.0551. The first kappa shape index (κ1) is 16.1. The highest BCUT2D eigenvalue weighted by molar-refractivity contribution is 7.99. The predicted molar refractivity (Wildman–Crippen MR) is 79.9 cm³/mol. The van der Waals surface area contributed by atoms with E-state index in [1.54, 1.807) is 24.4 Å². The Morgan fingerprint density at radius 1 is 1.22 bits per heavy atom. The molecule has 0 spiro atoms. The molecule has 2 aromatic rings. The van der Waals surface area contributed by atoms with Gasteiger partial charge in [0.1, 0.15) is 28.4 Å². The van der Waals surface area contributed by atoms with E-state index in [-0.39, 0.29) is 0 Å². The summed E-state index contributed by atoms with van der Waals surface area (Å²) in [5.41, 5.74) is -0.624. The Kier molecular flexibility index (Phi) is 4.74. The van der Waals surface area contributed by atoms with Crippen LogP contribution in [0.25, 0.3) is 0 Å². The highest BCUT2D eigenvalue weighted by Gasteiger charge is 2.43. The summed E-state index contributed by atoms with van der Waals surface area (Å²) in [7, 11) is 0. The van der Waals surface area contributed by atoms with Crippen LogP contribution in [0.3, 0.4) is 0 Å². The molecule has 2 aromatic heterocycles. The zero-order chi connectivity index (χ0) is 16.4. The van der Waals surface area contributed by atoms with Crippen LogP contribution >= 0.6 is 11.8 Å². The summed E-state index contributed by atoms with van der Waals surface area (Å²) in [6.45, 7) is -0.454. The Morgan fingerprint density at radius 3 is 2.65 bits per heavy atom. The number of aromatic nitrogens is 3. The summed E-state index contributed by atoms with van der Waals surface area (Å²) < 4.78 is 6.40. The van der Waals surface area contributed by atoms with Crippen molar-refractivity contribution >= 4 is 11.8 Å². The first-order valence-electron chi connectivity index (χ1n) is 6.90. The van der Waals surface area contributed by atoms with Crippen LogP contribution < -0.4 is 5.69 Å². The molecule has 0 unspecified atom stereocenters. The molecule has 0 bridgehead atoms. The molecule has 3 rings (SSSR count). The van der Waals surface area contributed by atoms with Gasteiger partial charge in [0.15, 0.2) is 6.23 Å². The average molecular weight is 337 g/mol. The van der Waals surface area contributed by atoms with Gasteiger partial charge in [0.25, 0.3) is 0 Å². The van der Waals surface area contributed by atoms with E-state index in [1.165, 1.54) is 18.0 Å². The molecule has 8 nitrogen and oxygen atoms in total. The molecule has 0 aliphatic carbocycles. The Morgan fingerprint density at radius 2 is 2.04 bits per heavy atom. The molecule has 9 heteroatoms. The van der Waals surface area contributed by atoms with Crippen LogP contribution in [0.2, 0.25) is 0 Å². The summed E-state index contributed by atoms with van der Waals surface area (Å²) in [4.78, 5) is 20.2. The molecule has 0 amide bonds. The SMILES string of the molecule is O=c1nc(Sc2ccccn2)ccn1[C@@H]1O[C@H](CO)[C@@H](O)[C@H]1O. The minimum absolute atomic E-state index is 0.454. The molecule has 4 atom stereocenters. The number of pyridine rings is 1. The maximum absolute atomic E-state index is 12.1. The van der Waals surface area contributed by atoms with Crippen LogP contribution in [0, 0.1) is 0 Å². The summed E-state index contributed by atoms with van der Waals surface area (Å²) in [6, 6.07) is 7.01. The zero-order valence-electron chi connectivity index (χ0n) is 11.9. The molecule has 122 valence electrons. The fourth-order valence-electron chi connectivity index (χ4n) is 2.27. The van der Waals surface area contributed by atoms with Crippen LogP contribution in [0.15, 0.2) is 51.5 Å². The number of hydrogen-bond donors (Lipinski definition) is 3. The molecule has 3 N–H and O–H groups in total. The van der Waals surface area contributed by atoms with E-state index in [0.29, 0.717) is 10.1 Å². The molecule has 23 heavy (non-hydrogen) atoms. The van der Waals surface area contributed by atoms with E-state index in [1.807, 2.05) is 6.07 Å². The zero-order valence-corrected chi connectivity index (χ0v) is 12.7.